The van der Waals surface area contributed by atoms with Crippen molar-refractivity contribution >= 4 is 28.4 Å². The van der Waals surface area contributed by atoms with Gasteiger partial charge in [-0.25, -0.2) is 9.67 Å². The summed E-state index contributed by atoms with van der Waals surface area (Å²) in [5.41, 5.74) is 2.07. The second kappa shape index (κ2) is 9.24. The van der Waals surface area contributed by atoms with Crippen molar-refractivity contribution in [3.8, 4) is 11.5 Å². The molecule has 0 bridgehead atoms. The van der Waals surface area contributed by atoms with Crippen LogP contribution >= 0.6 is 0 Å². The number of benzene rings is 2. The molecule has 0 saturated heterocycles. The Morgan fingerprint density at radius 2 is 2.08 bits per heavy atom. The summed E-state index contributed by atoms with van der Waals surface area (Å²) < 4.78 is 30.3. The summed E-state index contributed by atoms with van der Waals surface area (Å²) in [6, 6.07) is 12.8. The Bertz CT molecular complexity index is 1650. The zero-order valence-electron chi connectivity index (χ0n) is 20.8. The second-order valence-electron chi connectivity index (χ2n) is 8.04. The van der Waals surface area contributed by atoms with Crippen LogP contribution in [0.2, 0.25) is 0 Å². The summed E-state index contributed by atoms with van der Waals surface area (Å²) in [5, 5.41) is 24.6. The summed E-state index contributed by atoms with van der Waals surface area (Å²) in [7, 11) is 0. The maximum absolute atomic E-state index is 12.7. The van der Waals surface area contributed by atoms with E-state index in [0.717, 1.165) is 6.39 Å². The van der Waals surface area contributed by atoms with Gasteiger partial charge in [0.25, 0.3) is 11.4 Å². The van der Waals surface area contributed by atoms with Crippen LogP contribution in [-0.2, 0) is 18.0 Å². The molecule has 1 atom stereocenters. The molecule has 0 spiro atoms. The number of rotatable bonds is 7. The predicted molar refractivity (Wildman–Crippen MR) is 131 cm³/mol. The maximum Gasteiger partial charge on any atom is 0.274 e. The fourth-order valence-corrected chi connectivity index (χ4v) is 4.15. The first-order valence-electron chi connectivity index (χ1n) is 12.1. The van der Waals surface area contributed by atoms with Crippen molar-refractivity contribution in [3.05, 3.63) is 77.0 Å². The van der Waals surface area contributed by atoms with Crippen LogP contribution in [0.15, 0.2) is 70.3 Å². The van der Waals surface area contributed by atoms with Crippen LogP contribution in [0.1, 0.15) is 14.3 Å². The maximum atomic E-state index is 12.7. The molecule has 6 rings (SSSR count). The molecule has 0 amide bonds. The molecule has 5 aromatic rings. The van der Waals surface area contributed by atoms with E-state index in [4.69, 9.17) is 11.9 Å². The van der Waals surface area contributed by atoms with Gasteiger partial charge >= 0.3 is 0 Å². The smallest absolute Gasteiger partial charge is 0.274 e. The normalized spacial score (nSPS) is 15.1. The van der Waals surface area contributed by atoms with Crippen LogP contribution in [0.25, 0.3) is 22.4 Å². The van der Waals surface area contributed by atoms with Crippen molar-refractivity contribution in [1.82, 2.24) is 29.5 Å². The van der Waals surface area contributed by atoms with E-state index in [1.165, 1.54) is 6.20 Å². The highest BCUT2D eigenvalue weighted by Gasteiger charge is 2.20. The van der Waals surface area contributed by atoms with E-state index in [-0.39, 0.29) is 29.9 Å². The van der Waals surface area contributed by atoms with Gasteiger partial charge in [0.05, 0.1) is 45.0 Å². The van der Waals surface area contributed by atoms with Crippen molar-refractivity contribution in [1.29, 1.82) is 0 Å². The van der Waals surface area contributed by atoms with E-state index in [1.54, 1.807) is 51.8 Å². The van der Waals surface area contributed by atoms with Gasteiger partial charge in [-0.1, -0.05) is 30.3 Å². The van der Waals surface area contributed by atoms with E-state index >= 15 is 0 Å². The quantitative estimate of drug-likeness (QED) is 0.312. The molecule has 36 heavy (non-hydrogen) atoms. The van der Waals surface area contributed by atoms with E-state index < -0.39 is 12.6 Å². The van der Waals surface area contributed by atoms with Gasteiger partial charge in [0.15, 0.2) is 0 Å². The van der Waals surface area contributed by atoms with Gasteiger partial charge in [-0.05, 0) is 23.8 Å². The van der Waals surface area contributed by atoms with Gasteiger partial charge in [0, 0.05) is 11.9 Å². The molecule has 1 aliphatic rings. The van der Waals surface area contributed by atoms with Crippen LogP contribution in [0.4, 0.5) is 17.5 Å². The Hall–Kier alpha value is -4.55. The van der Waals surface area contributed by atoms with E-state index in [2.05, 4.69) is 30.8 Å². The van der Waals surface area contributed by atoms with Crippen LogP contribution in [-0.4, -0.2) is 47.8 Å². The largest absolute Gasteiger partial charge is 0.423 e. The van der Waals surface area contributed by atoms with Crippen molar-refractivity contribution in [2.45, 2.75) is 19.3 Å². The molecule has 0 unspecified atom stereocenters. The van der Waals surface area contributed by atoms with Gasteiger partial charge in [-0.15, -0.1) is 10.2 Å². The van der Waals surface area contributed by atoms with Crippen molar-refractivity contribution in [3.63, 3.8) is 0 Å². The highest BCUT2D eigenvalue weighted by Crippen LogP contribution is 2.29. The molecule has 0 saturated carbocycles. The number of fused-ring (bicyclic) bond motifs is 3. The number of hydrogen-bond donors (Lipinski definition) is 3. The van der Waals surface area contributed by atoms with Crippen LogP contribution < -0.4 is 16.2 Å². The number of ether oxygens (including phenoxy) is 1. The SMILES string of the molecule is [2H]C([2H])(O)[C@@H](Nc1nc(Nc2ccc3c(=O)n4n(c3c2)COCC4)ncc1-c1nnco1)c1ccccc1. The first kappa shape index (κ1) is 19.7. The Labute approximate surface area is 207 Å². The number of nitrogens with one attached hydrogen (secondary N) is 2. The molecular formula is C24H22N8O4. The topological polar surface area (TPSA) is 145 Å². The zero-order valence-corrected chi connectivity index (χ0v) is 18.8. The fourth-order valence-electron chi connectivity index (χ4n) is 4.15. The van der Waals surface area contributed by atoms with Gasteiger partial charge in [-0.2, -0.15) is 4.98 Å². The van der Waals surface area contributed by atoms with Crippen LogP contribution in [0.3, 0.4) is 0 Å². The zero-order chi connectivity index (χ0) is 26.3. The number of aromatic nitrogens is 6. The molecule has 0 aliphatic carbocycles. The molecule has 1 aliphatic heterocycles. The monoisotopic (exact) mass is 488 g/mol. The lowest BCUT2D eigenvalue weighted by Gasteiger charge is -2.19. The van der Waals surface area contributed by atoms with Gasteiger partial charge in [-0.3, -0.25) is 9.48 Å². The van der Waals surface area contributed by atoms with Gasteiger partial charge in [0.2, 0.25) is 12.3 Å². The number of aliphatic hydroxyl groups is 1. The molecule has 4 heterocycles. The molecule has 3 aromatic heterocycles. The highest BCUT2D eigenvalue weighted by molar-refractivity contribution is 5.83. The Kier molecular flexibility index (Phi) is 5.06. The lowest BCUT2D eigenvalue weighted by molar-refractivity contribution is 0.0179. The van der Waals surface area contributed by atoms with Crippen molar-refractivity contribution < 1.29 is 17.0 Å². The lowest BCUT2D eigenvalue weighted by atomic mass is 10.1. The number of hydrogen-bond acceptors (Lipinski definition) is 10. The first-order chi connectivity index (χ1) is 18.4. The molecular weight excluding hydrogens is 464 g/mol. The Morgan fingerprint density at radius 3 is 2.89 bits per heavy atom. The van der Waals surface area contributed by atoms with Crippen LogP contribution in [0.5, 0.6) is 0 Å². The average molecular weight is 489 g/mol. The van der Waals surface area contributed by atoms with Gasteiger partial charge in [0.1, 0.15) is 12.5 Å². The standard InChI is InChI=1S/C24H22N8O4/c33-12-19(15-4-2-1-3-5-15)28-21-18(22-30-26-13-36-22)11-25-24(29-21)27-16-6-7-17-20(10-16)32-14-35-9-8-31(32)23(17)34/h1-7,10-11,13,19,33H,8-9,12,14H2,(H2,25,27,28,29)/t19-/m1/s1/i12D2. The molecule has 12 heteroatoms. The minimum absolute atomic E-state index is 0.0771. The summed E-state index contributed by atoms with van der Waals surface area (Å²) in [4.78, 5) is 21.6. The minimum Gasteiger partial charge on any atom is -0.423 e. The minimum atomic E-state index is -2.64. The fraction of sp³-hybridized carbons (Fsp3) is 0.208. The van der Waals surface area contributed by atoms with Gasteiger partial charge < -0.3 is 24.9 Å². The van der Waals surface area contributed by atoms with E-state index in [9.17, 15) is 9.90 Å². The summed E-state index contributed by atoms with van der Waals surface area (Å²) >= 11 is 0. The molecule has 12 nitrogen and oxygen atoms in total. The van der Waals surface area contributed by atoms with Crippen LogP contribution in [0, 0.1) is 0 Å². The first-order valence-corrected chi connectivity index (χ1v) is 11.1. The summed E-state index contributed by atoms with van der Waals surface area (Å²) in [5.74, 6) is 0.452. The third-order valence-electron chi connectivity index (χ3n) is 5.87. The summed E-state index contributed by atoms with van der Waals surface area (Å²) in [6.45, 7) is -1.41. The molecule has 3 N–H and O–H groups in total. The van der Waals surface area contributed by atoms with Crippen molar-refractivity contribution in [2.24, 2.45) is 0 Å². The number of nitrogens with zero attached hydrogens (tertiary/aromatic N) is 6. The lowest BCUT2D eigenvalue weighted by Crippen LogP contribution is -2.30. The third kappa shape index (κ3) is 3.97. The Morgan fingerprint density at radius 1 is 1.19 bits per heavy atom. The predicted octanol–water partition coefficient (Wildman–Crippen LogP) is 2.52. The molecule has 0 fully saturated rings. The molecule has 182 valence electrons. The molecule has 2 aromatic carbocycles. The highest BCUT2D eigenvalue weighted by atomic mass is 16.5. The third-order valence-corrected chi connectivity index (χ3v) is 5.87. The summed E-state index contributed by atoms with van der Waals surface area (Å²) in [6.07, 6.45) is 2.61. The molecule has 0 radical (unpaired) electrons. The number of anilines is 3. The Balaban J connectivity index is 1.38. The van der Waals surface area contributed by atoms with E-state index in [1.807, 2.05) is 6.07 Å². The van der Waals surface area contributed by atoms with Crippen molar-refractivity contribution in [2.75, 3.05) is 23.8 Å². The second-order valence-corrected chi connectivity index (χ2v) is 8.04. The average Bonchev–Trinajstić information content (AvgIpc) is 3.55. The van der Waals surface area contributed by atoms with E-state index in [0.29, 0.717) is 40.9 Å².